The average molecular weight is 288 g/mol. The van der Waals surface area contributed by atoms with E-state index < -0.39 is 12.5 Å². The van der Waals surface area contributed by atoms with Gasteiger partial charge in [-0.1, -0.05) is 12.1 Å². The highest BCUT2D eigenvalue weighted by Gasteiger charge is 2.10. The van der Waals surface area contributed by atoms with Crippen LogP contribution in [0.5, 0.6) is 5.75 Å². The summed E-state index contributed by atoms with van der Waals surface area (Å²) in [6.07, 6.45) is 0.402. The van der Waals surface area contributed by atoms with Gasteiger partial charge in [0.05, 0.1) is 12.8 Å². The first-order valence-corrected chi connectivity index (χ1v) is 6.42. The van der Waals surface area contributed by atoms with Gasteiger partial charge in [0.1, 0.15) is 12.3 Å². The fraction of sp³-hybridized carbons (Fsp3) is 0.267. The number of aromatic nitrogens is 2. The first kappa shape index (κ1) is 14.8. The number of nitrogens with zero attached hydrogens (tertiary/aromatic N) is 2. The summed E-state index contributed by atoms with van der Waals surface area (Å²) in [6.45, 7) is 1.29. The highest BCUT2D eigenvalue weighted by molar-refractivity contribution is 5.66. The Kier molecular flexibility index (Phi) is 4.37. The number of hydrogen-bond donors (Lipinski definition) is 1. The highest BCUT2D eigenvalue weighted by atomic mass is 16.5. The van der Waals surface area contributed by atoms with Gasteiger partial charge in [-0.2, -0.15) is 5.10 Å². The molecule has 0 saturated heterocycles. The molecule has 1 aromatic heterocycles. The maximum atomic E-state index is 12.2. The van der Waals surface area contributed by atoms with Crippen LogP contribution in [-0.2, 0) is 17.8 Å². The molecule has 110 valence electrons. The Hall–Kier alpha value is -2.63. The van der Waals surface area contributed by atoms with Crippen LogP contribution in [0.25, 0.3) is 0 Å². The predicted molar refractivity (Wildman–Crippen MR) is 76.7 cm³/mol. The normalized spacial score (nSPS) is 10.4. The van der Waals surface area contributed by atoms with Crippen LogP contribution in [0.15, 0.2) is 35.1 Å². The first-order chi connectivity index (χ1) is 9.99. The summed E-state index contributed by atoms with van der Waals surface area (Å²) in [4.78, 5) is 23.0. The molecule has 0 unspecified atom stereocenters. The number of hydrogen-bond acceptors (Lipinski definition) is 4. The van der Waals surface area contributed by atoms with E-state index in [-0.39, 0.29) is 5.56 Å². The summed E-state index contributed by atoms with van der Waals surface area (Å²) < 4.78 is 6.13. The summed E-state index contributed by atoms with van der Waals surface area (Å²) in [6, 6.07) is 9.08. The van der Waals surface area contributed by atoms with E-state index in [2.05, 4.69) is 5.10 Å². The minimum atomic E-state index is -1.09. The number of benzene rings is 1. The van der Waals surface area contributed by atoms with Crippen molar-refractivity contribution in [2.45, 2.75) is 19.9 Å². The smallest absolute Gasteiger partial charge is 0.325 e. The summed E-state index contributed by atoms with van der Waals surface area (Å²) in [5.41, 5.74) is 1.65. The van der Waals surface area contributed by atoms with Crippen LogP contribution in [0.3, 0.4) is 0 Å². The molecule has 2 aromatic rings. The van der Waals surface area contributed by atoms with Crippen molar-refractivity contribution in [1.29, 1.82) is 0 Å². The van der Waals surface area contributed by atoms with Crippen molar-refractivity contribution in [2.75, 3.05) is 7.11 Å². The van der Waals surface area contributed by atoms with Crippen LogP contribution < -0.4 is 10.3 Å². The summed E-state index contributed by atoms with van der Waals surface area (Å²) in [5.74, 6) is -0.383. The van der Waals surface area contributed by atoms with Gasteiger partial charge in [-0.05, 0) is 30.7 Å². The zero-order valence-corrected chi connectivity index (χ0v) is 11.9. The van der Waals surface area contributed by atoms with E-state index in [4.69, 9.17) is 9.84 Å². The van der Waals surface area contributed by atoms with Crippen molar-refractivity contribution >= 4 is 5.97 Å². The molecule has 1 heterocycles. The van der Waals surface area contributed by atoms with E-state index in [1.165, 1.54) is 0 Å². The zero-order chi connectivity index (χ0) is 15.4. The lowest BCUT2D eigenvalue weighted by Crippen LogP contribution is -2.29. The third kappa shape index (κ3) is 3.68. The van der Waals surface area contributed by atoms with Crippen molar-refractivity contribution < 1.29 is 14.6 Å². The molecule has 6 nitrogen and oxygen atoms in total. The summed E-state index contributed by atoms with van der Waals surface area (Å²) in [5, 5.41) is 12.8. The highest BCUT2D eigenvalue weighted by Crippen LogP contribution is 2.15. The van der Waals surface area contributed by atoms with Crippen LogP contribution in [0.1, 0.15) is 16.8 Å². The Morgan fingerprint density at radius 2 is 2.14 bits per heavy atom. The molecule has 0 aliphatic rings. The van der Waals surface area contributed by atoms with Crippen LogP contribution in [0.2, 0.25) is 0 Å². The number of carboxylic acid groups (broad SMARTS) is 1. The standard InChI is InChI=1S/C15H16N2O4/c1-10-6-12(15(20)17(16-10)9-14(18)19)7-11-4-3-5-13(8-11)21-2/h3-6,8H,7,9H2,1-2H3,(H,18,19). The number of ether oxygens (including phenoxy) is 1. The van der Waals surface area contributed by atoms with E-state index in [1.54, 1.807) is 20.1 Å². The number of aliphatic carboxylic acids is 1. The molecule has 0 bridgehead atoms. The van der Waals surface area contributed by atoms with Crippen molar-refractivity contribution in [3.8, 4) is 5.75 Å². The molecule has 0 atom stereocenters. The van der Waals surface area contributed by atoms with Crippen molar-refractivity contribution in [2.24, 2.45) is 0 Å². The van der Waals surface area contributed by atoms with Crippen LogP contribution in [0.4, 0.5) is 0 Å². The second kappa shape index (κ2) is 6.21. The van der Waals surface area contributed by atoms with Crippen molar-refractivity contribution in [3.63, 3.8) is 0 Å². The molecule has 0 aliphatic heterocycles. The van der Waals surface area contributed by atoms with Crippen LogP contribution in [-0.4, -0.2) is 28.0 Å². The molecule has 0 fully saturated rings. The zero-order valence-electron chi connectivity index (χ0n) is 11.9. The molecule has 21 heavy (non-hydrogen) atoms. The van der Waals surface area contributed by atoms with Gasteiger partial charge in [0, 0.05) is 12.0 Å². The molecular formula is C15H16N2O4. The van der Waals surface area contributed by atoms with Crippen LogP contribution in [0, 0.1) is 6.92 Å². The quantitative estimate of drug-likeness (QED) is 0.895. The SMILES string of the molecule is COc1cccc(Cc2cc(C)nn(CC(=O)O)c2=O)c1. The Morgan fingerprint density at radius 1 is 1.38 bits per heavy atom. The number of carboxylic acids is 1. The fourth-order valence-electron chi connectivity index (χ4n) is 2.11. The molecule has 2 rings (SSSR count). The second-order valence-electron chi connectivity index (χ2n) is 4.70. The van der Waals surface area contributed by atoms with Gasteiger partial charge in [-0.3, -0.25) is 9.59 Å². The Bertz CT molecular complexity index is 722. The Labute approximate surface area is 121 Å². The molecule has 1 N–H and O–H groups in total. The first-order valence-electron chi connectivity index (χ1n) is 6.42. The monoisotopic (exact) mass is 288 g/mol. The minimum Gasteiger partial charge on any atom is -0.497 e. The van der Waals surface area contributed by atoms with Gasteiger partial charge in [0.25, 0.3) is 5.56 Å². The van der Waals surface area contributed by atoms with E-state index in [9.17, 15) is 9.59 Å². The molecule has 6 heteroatoms. The van der Waals surface area contributed by atoms with Crippen molar-refractivity contribution in [3.05, 3.63) is 57.5 Å². The lowest BCUT2D eigenvalue weighted by atomic mass is 10.1. The molecular weight excluding hydrogens is 272 g/mol. The molecule has 0 radical (unpaired) electrons. The molecule has 1 aromatic carbocycles. The van der Waals surface area contributed by atoms with Gasteiger partial charge >= 0.3 is 5.97 Å². The number of methoxy groups -OCH3 is 1. The van der Waals surface area contributed by atoms with Gasteiger partial charge in [0.15, 0.2) is 0 Å². The third-order valence-electron chi connectivity index (χ3n) is 2.98. The maximum Gasteiger partial charge on any atom is 0.325 e. The summed E-state index contributed by atoms with van der Waals surface area (Å²) >= 11 is 0. The molecule has 0 amide bonds. The van der Waals surface area contributed by atoms with Crippen LogP contribution >= 0.6 is 0 Å². The second-order valence-corrected chi connectivity index (χ2v) is 4.70. The van der Waals surface area contributed by atoms with Gasteiger partial charge in [0.2, 0.25) is 0 Å². The van der Waals surface area contributed by atoms with Gasteiger partial charge in [-0.25, -0.2) is 4.68 Å². The summed E-state index contributed by atoms with van der Waals surface area (Å²) in [7, 11) is 1.58. The van der Waals surface area contributed by atoms with E-state index >= 15 is 0 Å². The molecule has 0 spiro atoms. The fourth-order valence-corrected chi connectivity index (χ4v) is 2.11. The number of rotatable bonds is 5. The van der Waals surface area contributed by atoms with E-state index in [1.807, 2.05) is 24.3 Å². The maximum absolute atomic E-state index is 12.2. The Balaban J connectivity index is 2.37. The number of aryl methyl sites for hydroxylation is 1. The van der Waals surface area contributed by atoms with Gasteiger partial charge < -0.3 is 9.84 Å². The third-order valence-corrected chi connectivity index (χ3v) is 2.98. The Morgan fingerprint density at radius 3 is 2.81 bits per heavy atom. The molecule has 0 saturated carbocycles. The predicted octanol–water partition coefficient (Wildman–Crippen LogP) is 1.24. The largest absolute Gasteiger partial charge is 0.497 e. The molecule has 0 aliphatic carbocycles. The average Bonchev–Trinajstić information content (AvgIpc) is 2.43. The van der Waals surface area contributed by atoms with Crippen molar-refractivity contribution in [1.82, 2.24) is 9.78 Å². The topological polar surface area (TPSA) is 81.4 Å². The lowest BCUT2D eigenvalue weighted by molar-refractivity contribution is -0.138. The van der Waals surface area contributed by atoms with E-state index in [0.717, 1.165) is 10.2 Å². The van der Waals surface area contributed by atoms with Gasteiger partial charge in [-0.15, -0.1) is 0 Å². The minimum absolute atomic E-state index is 0.384. The van der Waals surface area contributed by atoms with E-state index in [0.29, 0.717) is 23.4 Å². The lowest BCUT2D eigenvalue weighted by Gasteiger charge is -2.08. The number of carbonyl (C=O) groups is 1.